The Balaban J connectivity index is 1.10. The van der Waals surface area contributed by atoms with E-state index in [0.717, 1.165) is 22.3 Å². The Hall–Kier alpha value is -4.25. The minimum absolute atomic E-state index is 0.0127. The highest BCUT2D eigenvalue weighted by atomic mass is 16.5. The number of rotatable bonds is 11. The van der Waals surface area contributed by atoms with Crippen molar-refractivity contribution in [2.45, 2.75) is 12.5 Å². The third-order valence-corrected chi connectivity index (χ3v) is 5.51. The van der Waals surface area contributed by atoms with Crippen LogP contribution in [0.1, 0.15) is 27.5 Å². The number of hydrogen-bond donors (Lipinski definition) is 3. The number of carboxylic acids is 1. The van der Waals surface area contributed by atoms with Gasteiger partial charge in [-0.3, -0.25) is 4.79 Å². The van der Waals surface area contributed by atoms with E-state index in [0.29, 0.717) is 0 Å². The standard InChI is InChI=1S/C24H25N5O6/c30-22(25-9-11-29-13-21(23(31)32)27-28-29)15-34-12-10-26-24(33)35-14-20-18-7-3-1-5-16(18)17-6-2-4-8-19(17)20/h1-8,13,20H,9-12,14-15H2,(H,25,30)(H,26,33)(H,31,32). The van der Waals surface area contributed by atoms with Gasteiger partial charge in [0.1, 0.15) is 13.2 Å². The molecule has 1 aliphatic rings. The lowest BCUT2D eigenvalue weighted by Gasteiger charge is -2.14. The SMILES string of the molecule is O=C(COCCNC(=O)OCC1c2ccccc2-c2ccccc21)NCCn1cc(C(=O)O)nn1. The summed E-state index contributed by atoms with van der Waals surface area (Å²) in [5, 5.41) is 21.2. The first-order valence-electron chi connectivity index (χ1n) is 11.1. The molecule has 11 heteroatoms. The summed E-state index contributed by atoms with van der Waals surface area (Å²) in [5.41, 5.74) is 4.44. The molecule has 1 heterocycles. The molecular formula is C24H25N5O6. The highest BCUT2D eigenvalue weighted by Gasteiger charge is 2.28. The third-order valence-electron chi connectivity index (χ3n) is 5.51. The van der Waals surface area contributed by atoms with Crippen LogP contribution >= 0.6 is 0 Å². The highest BCUT2D eigenvalue weighted by Crippen LogP contribution is 2.44. The molecule has 0 fully saturated rings. The van der Waals surface area contributed by atoms with Crippen LogP contribution in [0.3, 0.4) is 0 Å². The molecule has 0 unspecified atom stereocenters. The number of aromatic carboxylic acids is 1. The van der Waals surface area contributed by atoms with Crippen LogP contribution < -0.4 is 10.6 Å². The molecule has 2 amide bonds. The molecule has 11 nitrogen and oxygen atoms in total. The maximum absolute atomic E-state index is 12.1. The van der Waals surface area contributed by atoms with Gasteiger partial charge in [-0.05, 0) is 22.3 Å². The first-order chi connectivity index (χ1) is 17.0. The quantitative estimate of drug-likeness (QED) is 0.352. The molecule has 2 aromatic carbocycles. The Morgan fingerprint density at radius 3 is 2.31 bits per heavy atom. The van der Waals surface area contributed by atoms with E-state index in [1.807, 2.05) is 24.3 Å². The van der Waals surface area contributed by atoms with Gasteiger partial charge in [0.2, 0.25) is 5.91 Å². The van der Waals surface area contributed by atoms with Crippen LogP contribution in [0.15, 0.2) is 54.7 Å². The molecule has 0 atom stereocenters. The molecule has 4 rings (SSSR count). The molecule has 182 valence electrons. The van der Waals surface area contributed by atoms with Gasteiger partial charge in [-0.2, -0.15) is 0 Å². The molecule has 0 saturated carbocycles. The van der Waals surface area contributed by atoms with Gasteiger partial charge in [0.25, 0.3) is 0 Å². The van der Waals surface area contributed by atoms with Crippen molar-refractivity contribution in [2.24, 2.45) is 0 Å². The minimum Gasteiger partial charge on any atom is -0.476 e. The maximum Gasteiger partial charge on any atom is 0.407 e. The zero-order valence-electron chi connectivity index (χ0n) is 18.8. The fourth-order valence-corrected chi connectivity index (χ4v) is 3.91. The molecule has 0 saturated heterocycles. The van der Waals surface area contributed by atoms with Gasteiger partial charge in [-0.25, -0.2) is 14.3 Å². The van der Waals surface area contributed by atoms with Gasteiger partial charge in [0.15, 0.2) is 5.69 Å². The van der Waals surface area contributed by atoms with Gasteiger partial charge in [0.05, 0.1) is 19.3 Å². The fourth-order valence-electron chi connectivity index (χ4n) is 3.91. The lowest BCUT2D eigenvalue weighted by molar-refractivity contribution is -0.125. The average molecular weight is 479 g/mol. The number of aromatic nitrogens is 3. The smallest absolute Gasteiger partial charge is 0.407 e. The van der Waals surface area contributed by atoms with E-state index >= 15 is 0 Å². The van der Waals surface area contributed by atoms with Crippen LogP contribution in [0, 0.1) is 0 Å². The molecule has 0 spiro atoms. The summed E-state index contributed by atoms with van der Waals surface area (Å²) in [4.78, 5) is 34.7. The number of carbonyl (C=O) groups is 3. The Kier molecular flexibility index (Phi) is 7.68. The van der Waals surface area contributed by atoms with Crippen LogP contribution in [0.5, 0.6) is 0 Å². The third kappa shape index (κ3) is 6.01. The number of carboxylic acid groups (broad SMARTS) is 1. The first-order valence-corrected chi connectivity index (χ1v) is 11.1. The van der Waals surface area contributed by atoms with E-state index in [-0.39, 0.29) is 57.0 Å². The number of nitrogens with zero attached hydrogens (tertiary/aromatic N) is 3. The van der Waals surface area contributed by atoms with E-state index in [1.54, 1.807) is 0 Å². The van der Waals surface area contributed by atoms with Gasteiger partial charge in [-0.15, -0.1) is 5.10 Å². The Bertz CT molecular complexity index is 1160. The van der Waals surface area contributed by atoms with Crippen LogP contribution in [0.2, 0.25) is 0 Å². The number of alkyl carbamates (subject to hydrolysis) is 1. The molecule has 3 N–H and O–H groups in total. The van der Waals surface area contributed by atoms with Crippen molar-refractivity contribution in [1.82, 2.24) is 25.6 Å². The summed E-state index contributed by atoms with van der Waals surface area (Å²) in [7, 11) is 0. The summed E-state index contributed by atoms with van der Waals surface area (Å²) in [6.45, 7) is 0.897. The summed E-state index contributed by atoms with van der Waals surface area (Å²) < 4.78 is 12.0. The van der Waals surface area contributed by atoms with Crippen molar-refractivity contribution in [2.75, 3.05) is 32.9 Å². The number of carbonyl (C=O) groups excluding carboxylic acids is 2. The van der Waals surface area contributed by atoms with Crippen molar-refractivity contribution < 1.29 is 29.0 Å². The number of benzene rings is 2. The van der Waals surface area contributed by atoms with Gasteiger partial charge < -0.3 is 25.2 Å². The number of fused-ring (bicyclic) bond motifs is 3. The van der Waals surface area contributed by atoms with Crippen molar-refractivity contribution in [3.63, 3.8) is 0 Å². The summed E-state index contributed by atoms with van der Waals surface area (Å²) >= 11 is 0. The largest absolute Gasteiger partial charge is 0.476 e. The predicted molar refractivity (Wildman–Crippen MR) is 124 cm³/mol. The fraction of sp³-hybridized carbons (Fsp3) is 0.292. The number of hydrogen-bond acceptors (Lipinski definition) is 7. The monoisotopic (exact) mass is 479 g/mol. The molecule has 35 heavy (non-hydrogen) atoms. The molecular weight excluding hydrogens is 454 g/mol. The first kappa shape index (κ1) is 23.9. The number of ether oxygens (including phenoxy) is 2. The van der Waals surface area contributed by atoms with E-state index in [1.165, 1.54) is 10.9 Å². The Labute approximate surface area is 201 Å². The van der Waals surface area contributed by atoms with Gasteiger partial charge >= 0.3 is 12.1 Å². The van der Waals surface area contributed by atoms with Crippen molar-refractivity contribution >= 4 is 18.0 Å². The average Bonchev–Trinajstić information content (AvgIpc) is 3.46. The van der Waals surface area contributed by atoms with E-state index in [2.05, 4.69) is 45.2 Å². The Morgan fingerprint density at radius 2 is 1.66 bits per heavy atom. The normalized spacial score (nSPS) is 12.0. The topological polar surface area (TPSA) is 145 Å². The van der Waals surface area contributed by atoms with Crippen LogP contribution in [0.25, 0.3) is 11.1 Å². The lowest BCUT2D eigenvalue weighted by atomic mass is 9.98. The van der Waals surface area contributed by atoms with E-state index in [4.69, 9.17) is 14.6 Å². The Morgan fingerprint density at radius 1 is 0.971 bits per heavy atom. The molecule has 0 radical (unpaired) electrons. The zero-order valence-corrected chi connectivity index (χ0v) is 18.8. The lowest BCUT2D eigenvalue weighted by Crippen LogP contribution is -2.33. The maximum atomic E-state index is 12.1. The molecule has 0 bridgehead atoms. The highest BCUT2D eigenvalue weighted by molar-refractivity contribution is 5.84. The van der Waals surface area contributed by atoms with Crippen molar-refractivity contribution in [3.8, 4) is 11.1 Å². The molecule has 3 aromatic rings. The second-order valence-corrected chi connectivity index (χ2v) is 7.83. The van der Waals surface area contributed by atoms with Crippen LogP contribution in [-0.4, -0.2) is 71.0 Å². The van der Waals surface area contributed by atoms with Gasteiger partial charge in [0, 0.05) is 19.0 Å². The second kappa shape index (κ2) is 11.3. The number of amides is 2. The summed E-state index contributed by atoms with van der Waals surface area (Å²) in [6.07, 6.45) is 0.730. The summed E-state index contributed by atoms with van der Waals surface area (Å²) in [5.74, 6) is -1.52. The molecule has 1 aliphatic carbocycles. The zero-order chi connectivity index (χ0) is 24.6. The van der Waals surface area contributed by atoms with Crippen molar-refractivity contribution in [3.05, 3.63) is 71.5 Å². The second-order valence-electron chi connectivity index (χ2n) is 7.83. The van der Waals surface area contributed by atoms with Crippen LogP contribution in [0.4, 0.5) is 4.79 Å². The van der Waals surface area contributed by atoms with Crippen LogP contribution in [-0.2, 0) is 20.8 Å². The van der Waals surface area contributed by atoms with Gasteiger partial charge in [-0.1, -0.05) is 53.7 Å². The predicted octanol–water partition coefficient (Wildman–Crippen LogP) is 1.65. The molecule has 1 aromatic heterocycles. The molecule has 0 aliphatic heterocycles. The minimum atomic E-state index is -1.17. The summed E-state index contributed by atoms with van der Waals surface area (Å²) in [6, 6.07) is 16.2. The van der Waals surface area contributed by atoms with E-state index < -0.39 is 12.1 Å². The van der Waals surface area contributed by atoms with Crippen molar-refractivity contribution in [1.29, 1.82) is 0 Å². The number of nitrogens with one attached hydrogen (secondary N) is 2. The van der Waals surface area contributed by atoms with E-state index in [9.17, 15) is 14.4 Å².